The lowest BCUT2D eigenvalue weighted by Crippen LogP contribution is -2.45. The normalized spacial score (nSPS) is 21.1. The summed E-state index contributed by atoms with van der Waals surface area (Å²) in [6.07, 6.45) is -0.578. The molecule has 0 radical (unpaired) electrons. The van der Waals surface area contributed by atoms with Crippen molar-refractivity contribution in [1.29, 1.82) is 0 Å². The highest BCUT2D eigenvalue weighted by molar-refractivity contribution is 6.33. The van der Waals surface area contributed by atoms with Crippen LogP contribution in [0.1, 0.15) is 12.0 Å². The summed E-state index contributed by atoms with van der Waals surface area (Å²) in [5.74, 6) is 1.09. The smallest absolute Gasteiger partial charge is 0.290 e. The molecular weight excluding hydrogens is 326 g/mol. The number of aliphatic hydroxyl groups excluding tert-OH is 2. The largest absolute Gasteiger partial charge is 0.493 e. The van der Waals surface area contributed by atoms with Crippen molar-refractivity contribution >= 4 is 18.1 Å². The van der Waals surface area contributed by atoms with Crippen LogP contribution in [0.5, 0.6) is 11.5 Å². The van der Waals surface area contributed by atoms with Crippen molar-refractivity contribution < 1.29 is 29.6 Å². The molecule has 1 saturated heterocycles. The molecular formula is C15H22ClNO6. The molecule has 1 fully saturated rings. The fourth-order valence-electron chi connectivity index (χ4n) is 2.56. The first-order chi connectivity index (χ1) is 11.0. The van der Waals surface area contributed by atoms with Crippen LogP contribution in [0.4, 0.5) is 0 Å². The van der Waals surface area contributed by atoms with Crippen LogP contribution in [0.2, 0.25) is 5.02 Å². The zero-order valence-corrected chi connectivity index (χ0v) is 13.9. The minimum absolute atomic E-state index is 0.250. The molecule has 1 aromatic rings. The summed E-state index contributed by atoms with van der Waals surface area (Å²) in [6.45, 7) is 1.36. The first-order valence-electron chi connectivity index (χ1n) is 7.02. The highest BCUT2D eigenvalue weighted by Gasteiger charge is 2.25. The van der Waals surface area contributed by atoms with E-state index >= 15 is 0 Å². The summed E-state index contributed by atoms with van der Waals surface area (Å²) >= 11 is 6.33. The zero-order valence-electron chi connectivity index (χ0n) is 13.1. The fourth-order valence-corrected chi connectivity index (χ4v) is 2.85. The fraction of sp³-hybridized carbons (Fsp3) is 0.533. The molecule has 2 atom stereocenters. The highest BCUT2D eigenvalue weighted by atomic mass is 35.5. The lowest BCUT2D eigenvalue weighted by molar-refractivity contribution is -0.122. The Morgan fingerprint density at radius 2 is 1.83 bits per heavy atom. The Bertz CT molecular complexity index is 503. The molecule has 1 aliphatic heterocycles. The Morgan fingerprint density at radius 3 is 2.30 bits per heavy atom. The summed E-state index contributed by atoms with van der Waals surface area (Å²) in [5, 5.41) is 26.8. The molecule has 0 unspecified atom stereocenters. The first-order valence-corrected chi connectivity index (χ1v) is 7.40. The van der Waals surface area contributed by atoms with E-state index in [9.17, 15) is 10.2 Å². The summed E-state index contributed by atoms with van der Waals surface area (Å²) in [6, 6.07) is 3.67. The average Bonchev–Trinajstić information content (AvgIpc) is 2.49. The summed E-state index contributed by atoms with van der Waals surface area (Å²) in [5.41, 5.74) is 0.880. The molecule has 3 N–H and O–H groups in total. The van der Waals surface area contributed by atoms with E-state index < -0.39 is 12.2 Å². The number of likely N-dealkylation sites (tertiary alicyclic amines) is 1. The Morgan fingerprint density at radius 1 is 1.26 bits per heavy atom. The van der Waals surface area contributed by atoms with Crippen molar-refractivity contribution in [2.45, 2.75) is 25.2 Å². The number of rotatable bonds is 4. The van der Waals surface area contributed by atoms with Gasteiger partial charge in [0.2, 0.25) is 0 Å². The number of aliphatic hydroxyl groups is 2. The number of halogens is 1. The zero-order chi connectivity index (χ0) is 17.4. The van der Waals surface area contributed by atoms with E-state index in [4.69, 9.17) is 31.0 Å². The highest BCUT2D eigenvalue weighted by Crippen LogP contribution is 2.37. The van der Waals surface area contributed by atoms with Gasteiger partial charge in [-0.25, -0.2) is 0 Å². The van der Waals surface area contributed by atoms with Gasteiger partial charge in [0, 0.05) is 26.1 Å². The number of nitrogens with zero attached hydrogens (tertiary/aromatic N) is 1. The topological polar surface area (TPSA) is 99.5 Å². The lowest BCUT2D eigenvalue weighted by atomic mass is 10.0. The Balaban J connectivity index is 0.000000816. The Labute approximate surface area is 140 Å². The molecule has 23 heavy (non-hydrogen) atoms. The standard InChI is InChI=1S/C14H20ClNO4.CH2O2/c1-19-12-4-3-9(13(15)14(12)20-2)6-16-7-10(17)5-11(18)8-16;2-1-3/h3-4,10-11,17-18H,5-8H2,1-2H3;1H,(H,2,3)/t10-,11-;/m1./s1. The number of hydrogen-bond acceptors (Lipinski definition) is 6. The minimum atomic E-state index is -0.502. The van der Waals surface area contributed by atoms with E-state index in [1.54, 1.807) is 20.3 Å². The molecule has 1 aromatic carbocycles. The van der Waals surface area contributed by atoms with E-state index in [0.29, 0.717) is 42.6 Å². The Hall–Kier alpha value is -1.54. The van der Waals surface area contributed by atoms with Crippen LogP contribution >= 0.6 is 11.6 Å². The predicted molar refractivity (Wildman–Crippen MR) is 85.2 cm³/mol. The number of benzene rings is 1. The van der Waals surface area contributed by atoms with Crippen molar-refractivity contribution in [3.63, 3.8) is 0 Å². The quantitative estimate of drug-likeness (QED) is 0.698. The molecule has 2 rings (SSSR count). The number of methoxy groups -OCH3 is 2. The molecule has 8 heteroatoms. The van der Waals surface area contributed by atoms with E-state index in [1.165, 1.54) is 0 Å². The van der Waals surface area contributed by atoms with Gasteiger partial charge >= 0.3 is 0 Å². The molecule has 0 bridgehead atoms. The van der Waals surface area contributed by atoms with Gasteiger partial charge in [0.05, 0.1) is 31.5 Å². The number of ether oxygens (including phenoxy) is 2. The number of piperidine rings is 1. The van der Waals surface area contributed by atoms with Crippen molar-refractivity contribution in [3.05, 3.63) is 22.7 Å². The van der Waals surface area contributed by atoms with Crippen molar-refractivity contribution in [2.24, 2.45) is 0 Å². The van der Waals surface area contributed by atoms with Crippen molar-refractivity contribution in [3.8, 4) is 11.5 Å². The van der Waals surface area contributed by atoms with Gasteiger partial charge in [-0.05, 0) is 11.6 Å². The van der Waals surface area contributed by atoms with Crippen LogP contribution < -0.4 is 9.47 Å². The number of hydrogen-bond donors (Lipinski definition) is 3. The molecule has 0 saturated carbocycles. The van der Waals surface area contributed by atoms with Gasteiger partial charge in [-0.1, -0.05) is 17.7 Å². The van der Waals surface area contributed by atoms with Crippen LogP contribution in [-0.2, 0) is 11.3 Å². The van der Waals surface area contributed by atoms with Crippen LogP contribution in [0.15, 0.2) is 12.1 Å². The van der Waals surface area contributed by atoms with E-state index in [2.05, 4.69) is 0 Å². The van der Waals surface area contributed by atoms with E-state index in [-0.39, 0.29) is 6.47 Å². The summed E-state index contributed by atoms with van der Waals surface area (Å²) < 4.78 is 10.5. The van der Waals surface area contributed by atoms with Crippen LogP contribution in [-0.4, -0.2) is 66.2 Å². The number of β-amino-alcohol motifs (C(OH)–C–C–N with tert-alkyl or cyclic N) is 2. The molecule has 1 aliphatic rings. The summed E-state index contributed by atoms with van der Waals surface area (Å²) in [4.78, 5) is 10.3. The third-order valence-corrected chi connectivity index (χ3v) is 3.86. The Kier molecular flexibility index (Phi) is 8.11. The number of carbonyl (C=O) groups is 1. The maximum absolute atomic E-state index is 9.70. The van der Waals surface area contributed by atoms with Gasteiger partial charge in [0.25, 0.3) is 6.47 Å². The second-order valence-corrected chi connectivity index (χ2v) is 5.49. The molecule has 7 nitrogen and oxygen atoms in total. The van der Waals surface area contributed by atoms with Gasteiger partial charge in [0.1, 0.15) is 0 Å². The molecule has 0 amide bonds. The second kappa shape index (κ2) is 9.57. The molecule has 130 valence electrons. The maximum atomic E-state index is 9.70. The van der Waals surface area contributed by atoms with Crippen LogP contribution in [0.3, 0.4) is 0 Å². The number of carboxylic acid groups (broad SMARTS) is 1. The van der Waals surface area contributed by atoms with Crippen molar-refractivity contribution in [2.75, 3.05) is 27.3 Å². The van der Waals surface area contributed by atoms with Crippen LogP contribution in [0.25, 0.3) is 0 Å². The van der Waals surface area contributed by atoms with Crippen molar-refractivity contribution in [1.82, 2.24) is 4.90 Å². The maximum Gasteiger partial charge on any atom is 0.290 e. The third-order valence-electron chi connectivity index (χ3n) is 3.44. The predicted octanol–water partition coefficient (Wildman–Crippen LogP) is 0.986. The van der Waals surface area contributed by atoms with E-state index in [1.807, 2.05) is 11.0 Å². The summed E-state index contributed by atoms with van der Waals surface area (Å²) in [7, 11) is 3.10. The second-order valence-electron chi connectivity index (χ2n) is 5.12. The van der Waals surface area contributed by atoms with E-state index in [0.717, 1.165) is 5.56 Å². The van der Waals surface area contributed by atoms with Gasteiger partial charge in [-0.15, -0.1) is 0 Å². The first kappa shape index (κ1) is 19.5. The molecule has 0 spiro atoms. The molecule has 0 aromatic heterocycles. The minimum Gasteiger partial charge on any atom is -0.493 e. The SMILES string of the molecule is COc1ccc(CN2C[C@H](O)C[C@@H](O)C2)c(Cl)c1OC.O=CO. The van der Waals surface area contributed by atoms with Gasteiger partial charge in [-0.2, -0.15) is 0 Å². The van der Waals surface area contributed by atoms with Gasteiger partial charge in [-0.3, -0.25) is 9.69 Å². The monoisotopic (exact) mass is 347 g/mol. The lowest BCUT2D eigenvalue weighted by Gasteiger charge is -2.33. The molecule has 0 aliphatic carbocycles. The van der Waals surface area contributed by atoms with Gasteiger partial charge in [0.15, 0.2) is 11.5 Å². The average molecular weight is 348 g/mol. The van der Waals surface area contributed by atoms with Crippen LogP contribution in [0, 0.1) is 0 Å². The molecule has 1 heterocycles. The third kappa shape index (κ3) is 5.54. The van der Waals surface area contributed by atoms with Gasteiger partial charge < -0.3 is 24.8 Å².